The highest BCUT2D eigenvalue weighted by molar-refractivity contribution is 6.35. The summed E-state index contributed by atoms with van der Waals surface area (Å²) in [5.41, 5.74) is 1.38. The smallest absolute Gasteiger partial charge is 0.244 e. The Morgan fingerprint density at radius 3 is 2.43 bits per heavy atom. The summed E-state index contributed by atoms with van der Waals surface area (Å²) in [5, 5.41) is 3.53. The fourth-order valence-electron chi connectivity index (χ4n) is 2.04. The molecule has 4 nitrogen and oxygen atoms in total. The molecular formula is C17H16Cl2N2O2. The monoisotopic (exact) mass is 350 g/mol. The quantitative estimate of drug-likeness (QED) is 0.886. The lowest BCUT2D eigenvalue weighted by atomic mass is 10.2. The first-order valence-electron chi connectivity index (χ1n) is 7.00. The van der Waals surface area contributed by atoms with Crippen LogP contribution >= 0.6 is 23.2 Å². The second kappa shape index (κ2) is 7.99. The number of nitrogens with zero attached hydrogens (tertiary/aromatic N) is 1. The number of amides is 2. The van der Waals surface area contributed by atoms with Crippen molar-refractivity contribution in [1.82, 2.24) is 4.90 Å². The summed E-state index contributed by atoms with van der Waals surface area (Å²) in [7, 11) is 0. The number of benzene rings is 2. The van der Waals surface area contributed by atoms with Gasteiger partial charge < -0.3 is 10.2 Å². The highest BCUT2D eigenvalue weighted by atomic mass is 35.5. The molecule has 6 heteroatoms. The van der Waals surface area contributed by atoms with Crippen LogP contribution in [0.1, 0.15) is 12.5 Å². The molecule has 0 aliphatic rings. The van der Waals surface area contributed by atoms with Crippen LogP contribution in [-0.4, -0.2) is 23.3 Å². The van der Waals surface area contributed by atoms with Gasteiger partial charge >= 0.3 is 0 Å². The van der Waals surface area contributed by atoms with Crippen LogP contribution in [-0.2, 0) is 16.1 Å². The zero-order chi connectivity index (χ0) is 16.8. The summed E-state index contributed by atoms with van der Waals surface area (Å²) in [4.78, 5) is 25.4. The number of anilines is 1. The molecule has 2 aromatic carbocycles. The number of carbonyl (C=O) groups excluding carboxylic acids is 2. The molecular weight excluding hydrogens is 335 g/mol. The van der Waals surface area contributed by atoms with Crippen LogP contribution in [0.3, 0.4) is 0 Å². The van der Waals surface area contributed by atoms with Gasteiger partial charge in [0.2, 0.25) is 11.8 Å². The zero-order valence-electron chi connectivity index (χ0n) is 12.6. The van der Waals surface area contributed by atoms with Gasteiger partial charge in [-0.25, -0.2) is 0 Å². The standard InChI is InChI=1S/C17H16Cl2N2O2/c1-12(22)21(10-13-5-3-2-4-6-13)11-17(23)20-16-9-14(18)7-8-15(16)19/h2-9H,10-11H2,1H3,(H,20,23). The number of rotatable bonds is 5. The van der Waals surface area contributed by atoms with Crippen molar-refractivity contribution in [2.45, 2.75) is 13.5 Å². The lowest BCUT2D eigenvalue weighted by Crippen LogP contribution is -2.36. The average molecular weight is 351 g/mol. The largest absolute Gasteiger partial charge is 0.329 e. The highest BCUT2D eigenvalue weighted by Crippen LogP contribution is 2.25. The van der Waals surface area contributed by atoms with Gasteiger partial charge in [0.1, 0.15) is 6.54 Å². The number of hydrogen-bond acceptors (Lipinski definition) is 2. The number of halogens is 2. The van der Waals surface area contributed by atoms with Crippen LogP contribution in [0.25, 0.3) is 0 Å². The highest BCUT2D eigenvalue weighted by Gasteiger charge is 2.15. The third-order valence-electron chi connectivity index (χ3n) is 3.20. The molecule has 0 unspecified atom stereocenters. The molecule has 2 amide bonds. The minimum Gasteiger partial charge on any atom is -0.329 e. The molecule has 0 aliphatic carbocycles. The molecule has 0 aliphatic heterocycles. The fourth-order valence-corrected chi connectivity index (χ4v) is 2.38. The Labute approximate surface area is 145 Å². The van der Waals surface area contributed by atoms with Gasteiger partial charge in [-0.2, -0.15) is 0 Å². The maximum Gasteiger partial charge on any atom is 0.244 e. The Bertz CT molecular complexity index is 705. The maximum atomic E-state index is 12.2. The molecule has 0 fully saturated rings. The molecule has 0 bridgehead atoms. The Hall–Kier alpha value is -2.04. The van der Waals surface area contributed by atoms with E-state index >= 15 is 0 Å². The maximum absolute atomic E-state index is 12.2. The van der Waals surface area contributed by atoms with E-state index in [1.54, 1.807) is 18.2 Å². The predicted octanol–water partition coefficient (Wildman–Crippen LogP) is 3.98. The second-order valence-electron chi connectivity index (χ2n) is 5.03. The molecule has 120 valence electrons. The van der Waals surface area contributed by atoms with Gasteiger partial charge in [-0.3, -0.25) is 9.59 Å². The molecule has 0 saturated heterocycles. The van der Waals surface area contributed by atoms with Gasteiger partial charge in [0.15, 0.2) is 0 Å². The van der Waals surface area contributed by atoms with Gasteiger partial charge in [0.25, 0.3) is 0 Å². The SMILES string of the molecule is CC(=O)N(CC(=O)Nc1cc(Cl)ccc1Cl)Cc1ccccc1. The Morgan fingerprint density at radius 1 is 1.09 bits per heavy atom. The van der Waals surface area contributed by atoms with Gasteiger partial charge in [0, 0.05) is 18.5 Å². The van der Waals surface area contributed by atoms with E-state index in [-0.39, 0.29) is 18.4 Å². The van der Waals surface area contributed by atoms with Crippen LogP contribution in [0.5, 0.6) is 0 Å². The summed E-state index contributed by atoms with van der Waals surface area (Å²) in [6, 6.07) is 14.3. The first-order chi connectivity index (χ1) is 11.0. The number of nitrogens with one attached hydrogen (secondary N) is 1. The first kappa shape index (κ1) is 17.3. The van der Waals surface area contributed by atoms with Crippen molar-refractivity contribution in [3.05, 3.63) is 64.1 Å². The van der Waals surface area contributed by atoms with Gasteiger partial charge in [-0.15, -0.1) is 0 Å². The Kier molecular flexibility index (Phi) is 6.02. The molecule has 2 aromatic rings. The second-order valence-corrected chi connectivity index (χ2v) is 5.88. The molecule has 0 radical (unpaired) electrons. The van der Waals surface area contributed by atoms with Crippen molar-refractivity contribution in [3.63, 3.8) is 0 Å². The third kappa shape index (κ3) is 5.27. The third-order valence-corrected chi connectivity index (χ3v) is 3.76. The zero-order valence-corrected chi connectivity index (χ0v) is 14.1. The molecule has 2 rings (SSSR count). The van der Waals surface area contributed by atoms with Crippen molar-refractivity contribution in [2.75, 3.05) is 11.9 Å². The van der Waals surface area contributed by atoms with Gasteiger partial charge in [-0.05, 0) is 23.8 Å². The minimum absolute atomic E-state index is 0.0624. The van der Waals surface area contributed by atoms with Crippen molar-refractivity contribution in [3.8, 4) is 0 Å². The molecule has 1 N–H and O–H groups in total. The summed E-state index contributed by atoms with van der Waals surface area (Å²) in [5.74, 6) is -0.513. The molecule has 0 spiro atoms. The Morgan fingerprint density at radius 2 is 1.78 bits per heavy atom. The van der Waals surface area contributed by atoms with E-state index < -0.39 is 0 Å². The van der Waals surface area contributed by atoms with E-state index in [1.165, 1.54) is 11.8 Å². The Balaban J connectivity index is 2.03. The van der Waals surface area contributed by atoms with Crippen molar-refractivity contribution in [1.29, 1.82) is 0 Å². The van der Waals surface area contributed by atoms with Crippen LogP contribution in [0, 0.1) is 0 Å². The van der Waals surface area contributed by atoms with Crippen molar-refractivity contribution < 1.29 is 9.59 Å². The predicted molar refractivity (Wildman–Crippen MR) is 92.6 cm³/mol. The van der Waals surface area contributed by atoms with Gasteiger partial charge in [0.05, 0.1) is 10.7 Å². The normalized spacial score (nSPS) is 10.2. The van der Waals surface area contributed by atoms with E-state index in [9.17, 15) is 9.59 Å². The van der Waals surface area contributed by atoms with Crippen LogP contribution < -0.4 is 5.32 Å². The van der Waals surface area contributed by atoms with E-state index in [1.807, 2.05) is 30.3 Å². The fraction of sp³-hybridized carbons (Fsp3) is 0.176. The number of carbonyl (C=O) groups is 2. The van der Waals surface area contributed by atoms with Gasteiger partial charge in [-0.1, -0.05) is 53.5 Å². The summed E-state index contributed by atoms with van der Waals surface area (Å²) in [6.07, 6.45) is 0. The van der Waals surface area contributed by atoms with E-state index in [2.05, 4.69) is 5.32 Å². The molecule has 0 heterocycles. The molecule has 23 heavy (non-hydrogen) atoms. The summed E-state index contributed by atoms with van der Waals surface area (Å²) < 4.78 is 0. The lowest BCUT2D eigenvalue weighted by molar-refractivity contribution is -0.133. The average Bonchev–Trinajstić information content (AvgIpc) is 2.51. The molecule has 0 aromatic heterocycles. The molecule has 0 saturated carbocycles. The summed E-state index contributed by atoms with van der Waals surface area (Å²) in [6.45, 7) is 1.74. The lowest BCUT2D eigenvalue weighted by Gasteiger charge is -2.21. The van der Waals surface area contributed by atoms with Crippen molar-refractivity contribution >= 4 is 40.7 Å². The topological polar surface area (TPSA) is 49.4 Å². The van der Waals surface area contributed by atoms with Crippen LogP contribution in [0.15, 0.2) is 48.5 Å². The van der Waals surface area contributed by atoms with Crippen molar-refractivity contribution in [2.24, 2.45) is 0 Å². The van der Waals surface area contributed by atoms with E-state index in [4.69, 9.17) is 23.2 Å². The van der Waals surface area contributed by atoms with E-state index in [0.717, 1.165) is 5.56 Å². The minimum atomic E-state index is -0.333. The molecule has 0 atom stereocenters. The number of hydrogen-bond donors (Lipinski definition) is 1. The van der Waals surface area contributed by atoms with Crippen LogP contribution in [0.2, 0.25) is 10.0 Å². The first-order valence-corrected chi connectivity index (χ1v) is 7.75. The summed E-state index contributed by atoms with van der Waals surface area (Å²) >= 11 is 11.9. The van der Waals surface area contributed by atoms with Crippen LogP contribution in [0.4, 0.5) is 5.69 Å². The van der Waals surface area contributed by atoms with E-state index in [0.29, 0.717) is 22.3 Å².